The van der Waals surface area contributed by atoms with Gasteiger partial charge >= 0.3 is 0 Å². The molecule has 1 aromatic heterocycles. The molecule has 4 rings (SSSR count). The highest BCUT2D eigenvalue weighted by atomic mass is 32.1. The van der Waals surface area contributed by atoms with Gasteiger partial charge in [0, 0.05) is 26.2 Å². The predicted octanol–water partition coefficient (Wildman–Crippen LogP) is 3.93. The van der Waals surface area contributed by atoms with Crippen molar-refractivity contribution in [3.05, 3.63) is 70.7 Å². The second-order valence-corrected chi connectivity index (χ2v) is 8.79. The van der Waals surface area contributed by atoms with Crippen molar-refractivity contribution in [2.75, 3.05) is 26.2 Å². The second-order valence-electron chi connectivity index (χ2n) is 8.04. The third kappa shape index (κ3) is 4.72. The third-order valence-electron chi connectivity index (χ3n) is 6.01. The number of benzene rings is 2. The van der Waals surface area contributed by atoms with E-state index in [1.807, 2.05) is 47.9 Å². The Bertz CT molecular complexity index is 1080. The number of likely N-dealkylation sites (N-methyl/N-ethyl adjacent to an activating group) is 1. The number of amides is 2. The number of hydrogen-bond donors (Lipinski definition) is 0. The average Bonchev–Trinajstić information content (AvgIpc) is 3.26. The van der Waals surface area contributed by atoms with Crippen molar-refractivity contribution >= 4 is 23.3 Å². The van der Waals surface area contributed by atoms with Crippen LogP contribution in [0.3, 0.4) is 0 Å². The Labute approximate surface area is 193 Å². The lowest BCUT2D eigenvalue weighted by Gasteiger charge is -2.23. The minimum Gasteiger partial charge on any atom is -0.341 e. The molecule has 2 heterocycles. The lowest BCUT2D eigenvalue weighted by atomic mass is 9.94. The fourth-order valence-corrected chi connectivity index (χ4v) is 4.95. The maximum Gasteiger partial charge on any atom is 0.267 e. The molecule has 7 heteroatoms. The van der Waals surface area contributed by atoms with Gasteiger partial charge in [-0.15, -0.1) is 5.10 Å². The first-order valence-corrected chi connectivity index (χ1v) is 11.9. The minimum atomic E-state index is -0.279. The summed E-state index contributed by atoms with van der Waals surface area (Å²) in [5, 5.41) is 4.09. The molecule has 1 aliphatic heterocycles. The van der Waals surface area contributed by atoms with Crippen LogP contribution >= 0.6 is 11.5 Å². The lowest BCUT2D eigenvalue weighted by molar-refractivity contribution is -0.134. The van der Waals surface area contributed by atoms with Crippen LogP contribution in [-0.4, -0.2) is 57.4 Å². The van der Waals surface area contributed by atoms with E-state index in [0.29, 0.717) is 43.9 Å². The molecule has 0 saturated carbocycles. The van der Waals surface area contributed by atoms with Gasteiger partial charge in [-0.25, -0.2) is 0 Å². The summed E-state index contributed by atoms with van der Waals surface area (Å²) in [6, 6.07) is 18.6. The van der Waals surface area contributed by atoms with Crippen LogP contribution in [0.2, 0.25) is 0 Å². The summed E-state index contributed by atoms with van der Waals surface area (Å²) >= 11 is 1.14. The molecule has 166 valence electrons. The van der Waals surface area contributed by atoms with E-state index >= 15 is 0 Å². The topological polar surface area (TPSA) is 66.4 Å². The van der Waals surface area contributed by atoms with E-state index in [-0.39, 0.29) is 17.7 Å². The molecule has 0 unspecified atom stereocenters. The molecule has 3 aromatic rings. The first kappa shape index (κ1) is 22.1. The highest BCUT2D eigenvalue weighted by Crippen LogP contribution is 2.24. The Hall–Kier alpha value is -3.06. The highest BCUT2D eigenvalue weighted by molar-refractivity contribution is 7.08. The molecular weight excluding hydrogens is 420 g/mol. The summed E-state index contributed by atoms with van der Waals surface area (Å²) in [5.41, 5.74) is 4.12. The molecule has 1 fully saturated rings. The maximum absolute atomic E-state index is 13.3. The molecule has 1 saturated heterocycles. The molecule has 6 nitrogen and oxygen atoms in total. The first-order chi connectivity index (χ1) is 15.6. The van der Waals surface area contributed by atoms with Crippen molar-refractivity contribution in [1.82, 2.24) is 19.4 Å². The largest absolute Gasteiger partial charge is 0.341 e. The summed E-state index contributed by atoms with van der Waals surface area (Å²) in [7, 11) is 0. The van der Waals surface area contributed by atoms with E-state index in [0.717, 1.165) is 33.9 Å². The van der Waals surface area contributed by atoms with Crippen molar-refractivity contribution < 1.29 is 9.59 Å². The fourth-order valence-electron chi connectivity index (χ4n) is 4.23. The van der Waals surface area contributed by atoms with Gasteiger partial charge in [-0.3, -0.25) is 9.59 Å². The molecular formula is C25H28N4O2S. The van der Waals surface area contributed by atoms with E-state index in [4.69, 9.17) is 0 Å². The van der Waals surface area contributed by atoms with Crippen LogP contribution < -0.4 is 0 Å². The van der Waals surface area contributed by atoms with E-state index in [2.05, 4.69) is 39.9 Å². The van der Waals surface area contributed by atoms with Crippen LogP contribution in [0, 0.1) is 5.92 Å². The SMILES string of the molecule is CCc1nnsc1C(=O)N1CCN(CC)C(=O)[C@@H](Cc2cccc(-c3ccccc3)c2)C1. The normalized spacial score (nSPS) is 16.8. The highest BCUT2D eigenvalue weighted by Gasteiger charge is 2.33. The molecule has 0 N–H and O–H groups in total. The van der Waals surface area contributed by atoms with Gasteiger partial charge < -0.3 is 9.80 Å². The van der Waals surface area contributed by atoms with E-state index < -0.39 is 0 Å². The van der Waals surface area contributed by atoms with Gasteiger partial charge in [-0.2, -0.15) is 0 Å². The Morgan fingerprint density at radius 2 is 1.84 bits per heavy atom. The Balaban J connectivity index is 1.58. The summed E-state index contributed by atoms with van der Waals surface area (Å²) in [6.45, 7) is 6.09. The molecule has 1 aliphatic rings. The Morgan fingerprint density at radius 1 is 1.06 bits per heavy atom. The minimum absolute atomic E-state index is 0.0642. The summed E-state index contributed by atoms with van der Waals surface area (Å²) < 4.78 is 3.97. The Kier molecular flexibility index (Phi) is 6.95. The van der Waals surface area contributed by atoms with Crippen LogP contribution in [-0.2, 0) is 17.6 Å². The molecule has 0 aliphatic carbocycles. The van der Waals surface area contributed by atoms with Crippen LogP contribution in [0.1, 0.15) is 34.8 Å². The summed E-state index contributed by atoms with van der Waals surface area (Å²) in [6.07, 6.45) is 1.27. The molecule has 32 heavy (non-hydrogen) atoms. The summed E-state index contributed by atoms with van der Waals surface area (Å²) in [5.74, 6) is -0.227. The number of carbonyl (C=O) groups is 2. The number of rotatable bonds is 6. The van der Waals surface area contributed by atoms with Gasteiger partial charge in [0.1, 0.15) is 4.88 Å². The average molecular weight is 449 g/mol. The maximum atomic E-state index is 13.3. The van der Waals surface area contributed by atoms with Gasteiger partial charge in [0.05, 0.1) is 11.6 Å². The zero-order chi connectivity index (χ0) is 22.5. The van der Waals surface area contributed by atoms with E-state index in [9.17, 15) is 9.59 Å². The van der Waals surface area contributed by atoms with Gasteiger partial charge in [0.2, 0.25) is 5.91 Å². The van der Waals surface area contributed by atoms with Crippen molar-refractivity contribution in [2.45, 2.75) is 26.7 Å². The fraction of sp³-hybridized carbons (Fsp3) is 0.360. The molecule has 0 spiro atoms. The molecule has 2 aromatic carbocycles. The molecule has 0 bridgehead atoms. The number of hydrogen-bond acceptors (Lipinski definition) is 5. The molecule has 0 radical (unpaired) electrons. The zero-order valence-electron chi connectivity index (χ0n) is 18.5. The van der Waals surface area contributed by atoms with Crippen LogP contribution in [0.5, 0.6) is 0 Å². The van der Waals surface area contributed by atoms with E-state index in [1.54, 1.807) is 0 Å². The van der Waals surface area contributed by atoms with Crippen molar-refractivity contribution in [3.63, 3.8) is 0 Å². The van der Waals surface area contributed by atoms with E-state index in [1.165, 1.54) is 0 Å². The van der Waals surface area contributed by atoms with Crippen molar-refractivity contribution in [3.8, 4) is 11.1 Å². The third-order valence-corrected chi connectivity index (χ3v) is 6.77. The first-order valence-electron chi connectivity index (χ1n) is 11.1. The van der Waals surface area contributed by atoms with Crippen molar-refractivity contribution in [1.29, 1.82) is 0 Å². The van der Waals surface area contributed by atoms with Crippen LogP contribution in [0.25, 0.3) is 11.1 Å². The number of carbonyl (C=O) groups excluding carboxylic acids is 2. The van der Waals surface area contributed by atoms with Crippen molar-refractivity contribution in [2.24, 2.45) is 5.92 Å². The number of aromatic nitrogens is 2. The smallest absolute Gasteiger partial charge is 0.267 e. The quantitative estimate of drug-likeness (QED) is 0.573. The standard InChI is InChI=1S/C25H28N4O2S/c1-3-22-23(32-27-26-22)25(31)29-14-13-28(4-2)24(30)21(17-29)16-18-9-8-12-20(15-18)19-10-6-5-7-11-19/h5-12,15,21H,3-4,13-14,16-17H2,1-2H3/t21-/m0/s1. The molecule has 1 atom stereocenters. The van der Waals surface area contributed by atoms with Gasteiger partial charge in [-0.1, -0.05) is 66.0 Å². The summed E-state index contributed by atoms with van der Waals surface area (Å²) in [4.78, 5) is 30.8. The second kappa shape index (κ2) is 10.0. The van der Waals surface area contributed by atoms with Crippen LogP contribution in [0.4, 0.5) is 0 Å². The van der Waals surface area contributed by atoms with Gasteiger partial charge in [0.25, 0.3) is 5.91 Å². The molecule has 2 amide bonds. The van der Waals surface area contributed by atoms with Gasteiger partial charge in [-0.05, 0) is 48.0 Å². The zero-order valence-corrected chi connectivity index (χ0v) is 19.3. The lowest BCUT2D eigenvalue weighted by Crippen LogP contribution is -2.38. The number of nitrogens with zero attached hydrogens (tertiary/aromatic N) is 4. The Morgan fingerprint density at radius 3 is 2.59 bits per heavy atom. The van der Waals surface area contributed by atoms with Crippen LogP contribution in [0.15, 0.2) is 54.6 Å². The number of aryl methyl sites for hydroxylation is 1. The van der Waals surface area contributed by atoms with Gasteiger partial charge in [0.15, 0.2) is 0 Å². The predicted molar refractivity (Wildman–Crippen MR) is 127 cm³/mol. The monoisotopic (exact) mass is 448 g/mol.